The van der Waals surface area contributed by atoms with Gasteiger partial charge in [0.1, 0.15) is 12.4 Å². The molecule has 28 heavy (non-hydrogen) atoms. The summed E-state index contributed by atoms with van der Waals surface area (Å²) >= 11 is 0. The summed E-state index contributed by atoms with van der Waals surface area (Å²) in [6.07, 6.45) is -0.517. The van der Waals surface area contributed by atoms with E-state index in [2.05, 4.69) is 20.8 Å². The second kappa shape index (κ2) is 8.36. The Kier molecular flexibility index (Phi) is 6.09. The lowest BCUT2D eigenvalue weighted by atomic mass is 9.72. The number of hydrogen-bond donors (Lipinski definition) is 1. The molecule has 0 aliphatic carbocycles. The Bertz CT molecular complexity index is 778. The third-order valence-electron chi connectivity index (χ3n) is 5.48. The van der Waals surface area contributed by atoms with Crippen molar-refractivity contribution in [3.05, 3.63) is 65.7 Å². The average Bonchev–Trinajstić information content (AvgIpc) is 2.97. The average molecular weight is 382 g/mol. The Morgan fingerprint density at radius 3 is 2.32 bits per heavy atom. The van der Waals surface area contributed by atoms with E-state index in [9.17, 15) is 9.90 Å². The number of nitrogens with zero attached hydrogens (tertiary/aromatic N) is 1. The van der Waals surface area contributed by atoms with Crippen LogP contribution < -0.4 is 4.74 Å². The topological polar surface area (TPSA) is 49.8 Å². The molecular formula is C24H31NO3. The molecule has 0 spiro atoms. The largest absolute Gasteiger partial charge is 0.489 e. The zero-order valence-electron chi connectivity index (χ0n) is 17.3. The Labute approximate surface area is 168 Å². The zero-order chi connectivity index (χ0) is 20.3. The van der Waals surface area contributed by atoms with Gasteiger partial charge in [-0.2, -0.15) is 0 Å². The summed E-state index contributed by atoms with van der Waals surface area (Å²) in [5.74, 6) is 0.932. The Hall–Kier alpha value is -2.33. The van der Waals surface area contributed by atoms with Crippen LogP contribution in [0.4, 0.5) is 0 Å². The molecule has 0 saturated carbocycles. The number of aliphatic hydroxyl groups excluding tert-OH is 1. The molecule has 1 heterocycles. The molecule has 3 rings (SSSR count). The van der Waals surface area contributed by atoms with E-state index in [1.54, 1.807) is 6.92 Å². The predicted molar refractivity (Wildman–Crippen MR) is 111 cm³/mol. The summed E-state index contributed by atoms with van der Waals surface area (Å²) in [7, 11) is 0. The fraction of sp³-hybridized carbons (Fsp3) is 0.458. The van der Waals surface area contributed by atoms with Crippen molar-refractivity contribution in [2.75, 3.05) is 13.1 Å². The highest BCUT2D eigenvalue weighted by Crippen LogP contribution is 2.44. The minimum atomic E-state index is -0.517. The third kappa shape index (κ3) is 4.74. The lowest BCUT2D eigenvalue weighted by Crippen LogP contribution is -2.33. The van der Waals surface area contributed by atoms with E-state index >= 15 is 0 Å². The number of β-amino-alcohol motifs (C(OH)–C–C–N with tert-alkyl or cyclic N) is 1. The molecule has 1 aliphatic heterocycles. The molecule has 0 bridgehead atoms. The third-order valence-corrected chi connectivity index (χ3v) is 5.48. The summed E-state index contributed by atoms with van der Waals surface area (Å²) in [6.45, 7) is 9.87. The summed E-state index contributed by atoms with van der Waals surface area (Å²) < 4.78 is 5.88. The number of rotatable bonds is 6. The van der Waals surface area contributed by atoms with Gasteiger partial charge < -0.3 is 14.7 Å². The van der Waals surface area contributed by atoms with Crippen molar-refractivity contribution < 1.29 is 14.6 Å². The van der Waals surface area contributed by atoms with Gasteiger partial charge in [-0.3, -0.25) is 4.79 Å². The summed E-state index contributed by atoms with van der Waals surface area (Å²) in [5.41, 5.74) is 2.14. The van der Waals surface area contributed by atoms with Gasteiger partial charge in [-0.25, -0.2) is 0 Å². The van der Waals surface area contributed by atoms with Gasteiger partial charge in [0, 0.05) is 13.1 Å². The minimum Gasteiger partial charge on any atom is -0.489 e. The molecular weight excluding hydrogens is 350 g/mol. The fourth-order valence-corrected chi connectivity index (χ4v) is 3.95. The van der Waals surface area contributed by atoms with Gasteiger partial charge in [-0.05, 0) is 41.5 Å². The molecule has 2 aromatic rings. The van der Waals surface area contributed by atoms with Crippen LogP contribution in [0.2, 0.25) is 0 Å². The van der Waals surface area contributed by atoms with Gasteiger partial charge in [-0.15, -0.1) is 0 Å². The molecule has 0 radical (unpaired) electrons. The predicted octanol–water partition coefficient (Wildman–Crippen LogP) is 4.23. The van der Waals surface area contributed by atoms with Gasteiger partial charge in [0.05, 0.1) is 12.0 Å². The monoisotopic (exact) mass is 381 g/mol. The number of likely N-dealkylation sites (tertiary alicyclic amines) is 1. The summed E-state index contributed by atoms with van der Waals surface area (Å²) in [6, 6.07) is 18.0. The Balaban J connectivity index is 1.75. The minimum absolute atomic E-state index is 0.00372. The van der Waals surface area contributed by atoms with Crippen LogP contribution in [0.3, 0.4) is 0 Å². The van der Waals surface area contributed by atoms with E-state index in [1.165, 1.54) is 0 Å². The van der Waals surface area contributed by atoms with E-state index in [-0.39, 0.29) is 23.2 Å². The number of hydrogen-bond acceptors (Lipinski definition) is 3. The maximum absolute atomic E-state index is 13.1. The number of ether oxygens (including phenoxy) is 1. The number of benzene rings is 2. The molecule has 3 atom stereocenters. The first-order valence-electron chi connectivity index (χ1n) is 9.99. The maximum atomic E-state index is 13.1. The zero-order valence-corrected chi connectivity index (χ0v) is 17.3. The molecule has 1 amide bonds. The van der Waals surface area contributed by atoms with Crippen LogP contribution in [0.25, 0.3) is 0 Å². The van der Waals surface area contributed by atoms with Crippen LogP contribution in [-0.4, -0.2) is 35.1 Å². The van der Waals surface area contributed by atoms with Crippen molar-refractivity contribution >= 4 is 5.91 Å². The normalized spacial score (nSPS) is 21.0. The van der Waals surface area contributed by atoms with E-state index < -0.39 is 6.10 Å². The van der Waals surface area contributed by atoms with Crippen LogP contribution in [0.5, 0.6) is 5.75 Å². The van der Waals surface area contributed by atoms with Crippen LogP contribution >= 0.6 is 0 Å². The van der Waals surface area contributed by atoms with Crippen LogP contribution in [0.1, 0.15) is 44.7 Å². The maximum Gasteiger partial charge on any atom is 0.230 e. The highest BCUT2D eigenvalue weighted by molar-refractivity contribution is 5.86. The highest BCUT2D eigenvalue weighted by atomic mass is 16.5. The molecule has 0 aromatic heterocycles. The van der Waals surface area contributed by atoms with E-state index in [1.807, 2.05) is 59.5 Å². The van der Waals surface area contributed by atoms with E-state index in [0.29, 0.717) is 19.7 Å². The molecule has 1 aliphatic rings. The van der Waals surface area contributed by atoms with Gasteiger partial charge in [-0.1, -0.05) is 63.2 Å². The highest BCUT2D eigenvalue weighted by Gasteiger charge is 2.46. The SMILES string of the molecule is C[C@@H](O)CN1CC(C(C)(C)C)C(c2ccc(OCc3ccccc3)cc2)C1=O. The second-order valence-electron chi connectivity index (χ2n) is 8.89. The van der Waals surface area contributed by atoms with E-state index in [4.69, 9.17) is 4.74 Å². The van der Waals surface area contributed by atoms with Gasteiger partial charge in [0.2, 0.25) is 5.91 Å². The quantitative estimate of drug-likeness (QED) is 0.814. The first-order valence-corrected chi connectivity index (χ1v) is 9.99. The molecule has 1 fully saturated rings. The van der Waals surface area contributed by atoms with Crippen molar-refractivity contribution in [1.82, 2.24) is 4.90 Å². The van der Waals surface area contributed by atoms with Crippen molar-refractivity contribution in [3.63, 3.8) is 0 Å². The lowest BCUT2D eigenvalue weighted by molar-refractivity contribution is -0.130. The molecule has 4 nitrogen and oxygen atoms in total. The molecule has 4 heteroatoms. The second-order valence-corrected chi connectivity index (χ2v) is 8.89. The molecule has 2 unspecified atom stereocenters. The van der Waals surface area contributed by atoms with Crippen molar-refractivity contribution in [2.45, 2.75) is 46.3 Å². The smallest absolute Gasteiger partial charge is 0.230 e. The molecule has 150 valence electrons. The van der Waals surface area contributed by atoms with Crippen LogP contribution in [0, 0.1) is 11.3 Å². The lowest BCUT2D eigenvalue weighted by Gasteiger charge is -2.30. The van der Waals surface area contributed by atoms with Crippen molar-refractivity contribution in [2.24, 2.45) is 11.3 Å². The summed E-state index contributed by atoms with van der Waals surface area (Å²) in [5, 5.41) is 9.76. The Morgan fingerprint density at radius 1 is 1.11 bits per heavy atom. The van der Waals surface area contributed by atoms with Crippen molar-refractivity contribution in [3.8, 4) is 5.75 Å². The number of carbonyl (C=O) groups excluding carboxylic acids is 1. The Morgan fingerprint density at radius 2 is 1.75 bits per heavy atom. The van der Waals surface area contributed by atoms with Gasteiger partial charge >= 0.3 is 0 Å². The van der Waals surface area contributed by atoms with Crippen molar-refractivity contribution in [1.29, 1.82) is 0 Å². The molecule has 1 N–H and O–H groups in total. The molecule has 2 aromatic carbocycles. The van der Waals surface area contributed by atoms with Crippen LogP contribution in [-0.2, 0) is 11.4 Å². The summed E-state index contributed by atoms with van der Waals surface area (Å²) in [4.78, 5) is 14.9. The van der Waals surface area contributed by atoms with Gasteiger partial charge in [0.25, 0.3) is 0 Å². The van der Waals surface area contributed by atoms with Crippen LogP contribution in [0.15, 0.2) is 54.6 Å². The fourth-order valence-electron chi connectivity index (χ4n) is 3.95. The first-order chi connectivity index (χ1) is 13.3. The molecule has 1 saturated heterocycles. The number of aliphatic hydroxyl groups is 1. The number of amides is 1. The van der Waals surface area contributed by atoms with Gasteiger partial charge in [0.15, 0.2) is 0 Å². The van der Waals surface area contributed by atoms with E-state index in [0.717, 1.165) is 16.9 Å². The number of carbonyl (C=O) groups is 1. The standard InChI is InChI=1S/C24H31NO3/c1-17(26)14-25-15-21(24(2,3)4)22(23(25)27)19-10-12-20(13-11-19)28-16-18-8-6-5-7-9-18/h5-13,17,21-22,26H,14-16H2,1-4H3/t17-,21?,22?/m1/s1. The first kappa shape index (κ1) is 20.4.